The summed E-state index contributed by atoms with van der Waals surface area (Å²) in [6, 6.07) is 20.0. The number of hydrogen-bond donors (Lipinski definition) is 1. The van der Waals surface area contributed by atoms with Crippen LogP contribution in [-0.4, -0.2) is 45.2 Å². The zero-order valence-electron chi connectivity index (χ0n) is 15.6. The Kier molecular flexibility index (Phi) is 6.11. The summed E-state index contributed by atoms with van der Waals surface area (Å²) in [4.78, 5) is 18.9. The van der Waals surface area contributed by atoms with Gasteiger partial charge in [0.05, 0.1) is 5.69 Å². The Balaban J connectivity index is 0.00000225. The van der Waals surface area contributed by atoms with Gasteiger partial charge in [0.25, 0.3) is 5.91 Å². The predicted octanol–water partition coefficient (Wildman–Crippen LogP) is 2.82. The average molecular weight is 398 g/mol. The fourth-order valence-corrected chi connectivity index (χ4v) is 3.75. The number of carbonyl (C=O) groups excluding carboxylic acids is 1. The summed E-state index contributed by atoms with van der Waals surface area (Å²) < 4.78 is 1.63. The third-order valence-electron chi connectivity index (χ3n) is 5.49. The van der Waals surface area contributed by atoms with Crippen molar-refractivity contribution >= 4 is 18.3 Å². The van der Waals surface area contributed by atoms with Gasteiger partial charge >= 0.3 is 0 Å². The average Bonchev–Trinajstić information content (AvgIpc) is 3.25. The monoisotopic (exact) mass is 397 g/mol. The summed E-state index contributed by atoms with van der Waals surface area (Å²) in [6.45, 7) is 1.90. The molecule has 0 aliphatic carbocycles. The van der Waals surface area contributed by atoms with Crippen LogP contribution in [0.5, 0.6) is 0 Å². The van der Waals surface area contributed by atoms with Crippen LogP contribution in [0, 0.1) is 0 Å². The number of nitrogens with zero attached hydrogens (tertiary/aromatic N) is 4. The summed E-state index contributed by atoms with van der Waals surface area (Å²) in [5, 5.41) is 4.36. The molecule has 2 aromatic carbocycles. The van der Waals surface area contributed by atoms with Crippen molar-refractivity contribution < 1.29 is 4.79 Å². The number of piperidine rings is 1. The van der Waals surface area contributed by atoms with Crippen molar-refractivity contribution in [3.8, 4) is 5.69 Å². The summed E-state index contributed by atoms with van der Waals surface area (Å²) >= 11 is 0. The van der Waals surface area contributed by atoms with Gasteiger partial charge in [-0.2, -0.15) is 0 Å². The molecule has 1 fully saturated rings. The second-order valence-electron chi connectivity index (χ2n) is 6.99. The van der Waals surface area contributed by atoms with Gasteiger partial charge in [-0.15, -0.1) is 17.5 Å². The Bertz CT molecular complexity index is 905. The van der Waals surface area contributed by atoms with Gasteiger partial charge in [0.15, 0.2) is 0 Å². The van der Waals surface area contributed by atoms with Crippen LogP contribution in [0.2, 0.25) is 0 Å². The van der Waals surface area contributed by atoms with Gasteiger partial charge in [-0.05, 0) is 30.5 Å². The Labute approximate surface area is 170 Å². The number of benzene rings is 2. The van der Waals surface area contributed by atoms with Crippen molar-refractivity contribution in [2.24, 2.45) is 5.73 Å². The molecule has 146 valence electrons. The lowest BCUT2D eigenvalue weighted by atomic mass is 9.73. The van der Waals surface area contributed by atoms with E-state index >= 15 is 0 Å². The molecule has 1 aliphatic heterocycles. The van der Waals surface area contributed by atoms with Gasteiger partial charge in [0.2, 0.25) is 5.82 Å². The van der Waals surface area contributed by atoms with Crippen molar-refractivity contribution in [1.29, 1.82) is 0 Å². The van der Waals surface area contributed by atoms with Crippen molar-refractivity contribution in [2.45, 2.75) is 18.3 Å². The van der Waals surface area contributed by atoms with Crippen LogP contribution in [-0.2, 0) is 5.41 Å². The van der Waals surface area contributed by atoms with E-state index in [0.29, 0.717) is 19.6 Å². The van der Waals surface area contributed by atoms with E-state index in [1.54, 1.807) is 11.0 Å². The Morgan fingerprint density at radius 1 is 1.00 bits per heavy atom. The molecule has 0 atom stereocenters. The van der Waals surface area contributed by atoms with Crippen LogP contribution in [0.4, 0.5) is 0 Å². The topological polar surface area (TPSA) is 77.0 Å². The first-order chi connectivity index (χ1) is 13.2. The van der Waals surface area contributed by atoms with Crippen LogP contribution in [0.1, 0.15) is 29.0 Å². The normalized spacial score (nSPS) is 15.7. The third-order valence-corrected chi connectivity index (χ3v) is 5.49. The second kappa shape index (κ2) is 8.54. The van der Waals surface area contributed by atoms with E-state index in [0.717, 1.165) is 18.5 Å². The summed E-state index contributed by atoms with van der Waals surface area (Å²) in [5.74, 6) is 0.113. The highest BCUT2D eigenvalue weighted by Crippen LogP contribution is 2.34. The summed E-state index contributed by atoms with van der Waals surface area (Å²) in [5.41, 5.74) is 8.22. The molecule has 4 rings (SSSR count). The molecule has 2 heterocycles. The molecule has 28 heavy (non-hydrogen) atoms. The van der Waals surface area contributed by atoms with E-state index in [9.17, 15) is 4.79 Å². The highest BCUT2D eigenvalue weighted by atomic mass is 35.5. The molecule has 0 saturated carbocycles. The minimum absolute atomic E-state index is 0. The molecule has 0 bridgehead atoms. The molecule has 1 amide bonds. The fourth-order valence-electron chi connectivity index (χ4n) is 3.75. The lowest BCUT2D eigenvalue weighted by Crippen LogP contribution is -2.48. The zero-order chi connectivity index (χ0) is 18.7. The lowest BCUT2D eigenvalue weighted by molar-refractivity contribution is 0.0657. The number of hydrogen-bond acceptors (Lipinski definition) is 4. The first kappa shape index (κ1) is 20.0. The largest absolute Gasteiger partial charge is 0.336 e. The predicted molar refractivity (Wildman–Crippen MR) is 111 cm³/mol. The van der Waals surface area contributed by atoms with Gasteiger partial charge in [-0.25, -0.2) is 9.67 Å². The molecular weight excluding hydrogens is 374 g/mol. The number of rotatable bonds is 4. The van der Waals surface area contributed by atoms with Crippen molar-refractivity contribution in [1.82, 2.24) is 19.7 Å². The van der Waals surface area contributed by atoms with E-state index in [-0.39, 0.29) is 29.6 Å². The summed E-state index contributed by atoms with van der Waals surface area (Å²) in [6.07, 6.45) is 3.28. The number of para-hydroxylation sites is 1. The van der Waals surface area contributed by atoms with Crippen LogP contribution in [0.25, 0.3) is 5.69 Å². The van der Waals surface area contributed by atoms with Gasteiger partial charge < -0.3 is 10.6 Å². The van der Waals surface area contributed by atoms with Crippen LogP contribution in [0.3, 0.4) is 0 Å². The van der Waals surface area contributed by atoms with E-state index in [2.05, 4.69) is 22.2 Å². The van der Waals surface area contributed by atoms with Gasteiger partial charge in [-0.1, -0.05) is 48.5 Å². The van der Waals surface area contributed by atoms with Crippen molar-refractivity contribution in [3.05, 3.63) is 78.4 Å². The Morgan fingerprint density at radius 3 is 2.21 bits per heavy atom. The molecule has 2 N–H and O–H groups in total. The molecule has 0 spiro atoms. The highest BCUT2D eigenvalue weighted by molar-refractivity contribution is 5.90. The van der Waals surface area contributed by atoms with E-state index < -0.39 is 0 Å². The number of likely N-dealkylation sites (tertiary alicyclic amines) is 1. The van der Waals surface area contributed by atoms with Crippen LogP contribution < -0.4 is 5.73 Å². The number of carbonyl (C=O) groups is 1. The first-order valence-corrected chi connectivity index (χ1v) is 9.24. The van der Waals surface area contributed by atoms with Gasteiger partial charge in [0.1, 0.15) is 6.33 Å². The third kappa shape index (κ3) is 3.79. The number of nitrogens with two attached hydrogens (primary N) is 1. The SMILES string of the molecule is Cl.NCC1(c2ccccc2)CCN(C(=O)c2ncn(-c3ccccc3)n2)CC1. The maximum atomic E-state index is 12.8. The first-order valence-electron chi connectivity index (χ1n) is 9.24. The highest BCUT2D eigenvalue weighted by Gasteiger charge is 2.37. The Hall–Kier alpha value is -2.70. The second-order valence-corrected chi connectivity index (χ2v) is 6.99. The van der Waals surface area contributed by atoms with Crippen molar-refractivity contribution in [3.63, 3.8) is 0 Å². The molecular formula is C21H24ClN5O. The molecule has 0 unspecified atom stereocenters. The molecule has 1 saturated heterocycles. The molecule has 7 heteroatoms. The lowest BCUT2D eigenvalue weighted by Gasteiger charge is -2.41. The fraction of sp³-hybridized carbons (Fsp3) is 0.286. The van der Waals surface area contributed by atoms with Gasteiger partial charge in [0, 0.05) is 25.0 Å². The summed E-state index contributed by atoms with van der Waals surface area (Å²) in [7, 11) is 0. The van der Waals surface area contributed by atoms with E-state index in [4.69, 9.17) is 5.73 Å². The zero-order valence-corrected chi connectivity index (χ0v) is 16.4. The minimum atomic E-state index is -0.122. The molecule has 1 aromatic heterocycles. The van der Waals surface area contributed by atoms with E-state index in [1.807, 2.05) is 53.4 Å². The molecule has 6 nitrogen and oxygen atoms in total. The van der Waals surface area contributed by atoms with E-state index in [1.165, 1.54) is 5.56 Å². The smallest absolute Gasteiger partial charge is 0.293 e. The standard InChI is InChI=1S/C21H23N5O.ClH/c22-15-21(17-7-3-1-4-8-17)11-13-25(14-12-21)20(27)19-23-16-26(24-19)18-9-5-2-6-10-18;/h1-10,16H,11-15,22H2;1H. The molecule has 1 aliphatic rings. The van der Waals surface area contributed by atoms with Crippen LogP contribution in [0.15, 0.2) is 67.0 Å². The van der Waals surface area contributed by atoms with Crippen molar-refractivity contribution in [2.75, 3.05) is 19.6 Å². The maximum absolute atomic E-state index is 12.8. The van der Waals surface area contributed by atoms with Gasteiger partial charge in [-0.3, -0.25) is 4.79 Å². The van der Waals surface area contributed by atoms with Crippen LogP contribution >= 0.6 is 12.4 Å². The number of aromatic nitrogens is 3. The minimum Gasteiger partial charge on any atom is -0.336 e. The Morgan fingerprint density at radius 2 is 1.61 bits per heavy atom. The maximum Gasteiger partial charge on any atom is 0.293 e. The quantitative estimate of drug-likeness (QED) is 0.734. The molecule has 0 radical (unpaired) electrons. The molecule has 3 aromatic rings. The number of amides is 1. The number of halogens is 1.